The number of rotatable bonds is 3. The molecule has 0 saturated carbocycles. The minimum absolute atomic E-state index is 0.0498. The van der Waals surface area contributed by atoms with Crippen LogP contribution in [0.1, 0.15) is 5.56 Å². The maximum atomic E-state index is 13.0. The zero-order valence-corrected chi connectivity index (χ0v) is 13.2. The number of halogens is 3. The van der Waals surface area contributed by atoms with Gasteiger partial charge in [-0.3, -0.25) is 4.72 Å². The summed E-state index contributed by atoms with van der Waals surface area (Å²) in [5, 5.41) is 0.148. The molecule has 3 N–H and O–H groups in total. The fourth-order valence-corrected chi connectivity index (χ4v) is 3.67. The zero-order valence-electron chi connectivity index (χ0n) is 10.8. The van der Waals surface area contributed by atoms with Crippen LogP contribution in [0.3, 0.4) is 0 Å². The Kier molecular flexibility index (Phi) is 4.32. The Morgan fingerprint density at radius 3 is 2.48 bits per heavy atom. The molecule has 0 bridgehead atoms. The second kappa shape index (κ2) is 5.71. The summed E-state index contributed by atoms with van der Waals surface area (Å²) in [6.07, 6.45) is 0. The summed E-state index contributed by atoms with van der Waals surface area (Å²) < 4.78 is 40.0. The van der Waals surface area contributed by atoms with Gasteiger partial charge in [-0.15, -0.1) is 0 Å². The Hall–Kier alpha value is -1.50. The van der Waals surface area contributed by atoms with Gasteiger partial charge in [0.2, 0.25) is 0 Å². The number of nitrogens with two attached hydrogens (primary N) is 1. The van der Waals surface area contributed by atoms with Crippen molar-refractivity contribution in [3.8, 4) is 0 Å². The van der Waals surface area contributed by atoms with Crippen molar-refractivity contribution in [1.29, 1.82) is 0 Å². The lowest BCUT2D eigenvalue weighted by atomic mass is 10.2. The summed E-state index contributed by atoms with van der Waals surface area (Å²) in [7, 11) is -3.95. The molecule has 0 fully saturated rings. The van der Waals surface area contributed by atoms with E-state index >= 15 is 0 Å². The van der Waals surface area contributed by atoms with E-state index in [4.69, 9.17) is 28.9 Å². The quantitative estimate of drug-likeness (QED) is 0.828. The van der Waals surface area contributed by atoms with Gasteiger partial charge in [-0.1, -0.05) is 23.2 Å². The van der Waals surface area contributed by atoms with Crippen molar-refractivity contribution in [3.05, 3.63) is 51.8 Å². The molecule has 0 spiro atoms. The maximum Gasteiger partial charge on any atom is 0.262 e. The topological polar surface area (TPSA) is 72.2 Å². The van der Waals surface area contributed by atoms with Gasteiger partial charge in [0, 0.05) is 10.7 Å². The third kappa shape index (κ3) is 3.40. The molecule has 0 aliphatic carbocycles. The maximum absolute atomic E-state index is 13.0. The van der Waals surface area contributed by atoms with E-state index in [1.54, 1.807) is 6.92 Å². The first-order valence-electron chi connectivity index (χ1n) is 5.74. The standard InChI is InChI=1S/C13H11Cl2FN2O2S/c1-7-11(17)4-8(14)5-13(7)21(19,20)18-12-3-2-9(16)6-10(12)15/h2-6,18H,17H2,1H3. The summed E-state index contributed by atoms with van der Waals surface area (Å²) in [6, 6.07) is 6.09. The molecule has 8 heteroatoms. The van der Waals surface area contributed by atoms with E-state index in [1.165, 1.54) is 18.2 Å². The molecule has 0 aliphatic rings. The molecule has 2 aromatic rings. The van der Waals surface area contributed by atoms with Crippen molar-refractivity contribution >= 4 is 44.6 Å². The normalized spacial score (nSPS) is 11.4. The minimum Gasteiger partial charge on any atom is -0.398 e. The van der Waals surface area contributed by atoms with Crippen LogP contribution < -0.4 is 10.5 Å². The van der Waals surface area contributed by atoms with E-state index in [-0.39, 0.29) is 26.3 Å². The van der Waals surface area contributed by atoms with Crippen molar-refractivity contribution in [2.24, 2.45) is 0 Å². The number of hydrogen-bond donors (Lipinski definition) is 2. The molecule has 0 heterocycles. The molecule has 0 aliphatic heterocycles. The first-order chi connectivity index (χ1) is 9.70. The monoisotopic (exact) mass is 348 g/mol. The number of sulfonamides is 1. The van der Waals surface area contributed by atoms with Crippen LogP contribution in [-0.4, -0.2) is 8.42 Å². The van der Waals surface area contributed by atoms with E-state index in [1.807, 2.05) is 0 Å². The van der Waals surface area contributed by atoms with Crippen LogP contribution >= 0.6 is 23.2 Å². The van der Waals surface area contributed by atoms with Gasteiger partial charge < -0.3 is 5.73 Å². The van der Waals surface area contributed by atoms with Gasteiger partial charge in [0.1, 0.15) is 5.82 Å². The van der Waals surface area contributed by atoms with Gasteiger partial charge in [0.15, 0.2) is 0 Å². The van der Waals surface area contributed by atoms with Crippen LogP contribution in [0, 0.1) is 12.7 Å². The average Bonchev–Trinajstić information content (AvgIpc) is 2.37. The molecule has 112 valence electrons. The number of nitrogen functional groups attached to an aromatic ring is 1. The highest BCUT2D eigenvalue weighted by Gasteiger charge is 2.20. The van der Waals surface area contributed by atoms with E-state index in [0.29, 0.717) is 5.56 Å². The Labute approximate surface area is 131 Å². The minimum atomic E-state index is -3.95. The molecular formula is C13H11Cl2FN2O2S. The fourth-order valence-electron chi connectivity index (χ4n) is 1.73. The molecule has 4 nitrogen and oxygen atoms in total. The van der Waals surface area contributed by atoms with Crippen molar-refractivity contribution in [2.45, 2.75) is 11.8 Å². The van der Waals surface area contributed by atoms with Gasteiger partial charge in [-0.25, -0.2) is 12.8 Å². The molecule has 0 unspecified atom stereocenters. The number of nitrogens with one attached hydrogen (secondary N) is 1. The third-order valence-electron chi connectivity index (χ3n) is 2.83. The second-order valence-corrected chi connectivity index (χ2v) is 6.84. The van der Waals surface area contributed by atoms with Crippen LogP contribution in [-0.2, 0) is 10.0 Å². The highest BCUT2D eigenvalue weighted by Crippen LogP contribution is 2.30. The fraction of sp³-hybridized carbons (Fsp3) is 0.0769. The van der Waals surface area contributed by atoms with E-state index in [2.05, 4.69) is 4.72 Å². The van der Waals surface area contributed by atoms with E-state index in [0.717, 1.165) is 12.1 Å². The van der Waals surface area contributed by atoms with E-state index in [9.17, 15) is 12.8 Å². The van der Waals surface area contributed by atoms with E-state index < -0.39 is 15.8 Å². The van der Waals surface area contributed by atoms with Crippen molar-refractivity contribution in [2.75, 3.05) is 10.5 Å². The molecule has 0 radical (unpaired) electrons. The molecule has 0 saturated heterocycles. The Balaban J connectivity index is 2.48. The SMILES string of the molecule is Cc1c(N)cc(Cl)cc1S(=O)(=O)Nc1ccc(F)cc1Cl. The van der Waals surface area contributed by atoms with Crippen LogP contribution in [0.4, 0.5) is 15.8 Å². The molecule has 21 heavy (non-hydrogen) atoms. The van der Waals surface area contributed by atoms with Crippen molar-refractivity contribution < 1.29 is 12.8 Å². The van der Waals surface area contributed by atoms with Crippen molar-refractivity contribution in [1.82, 2.24) is 0 Å². The average molecular weight is 349 g/mol. The smallest absolute Gasteiger partial charge is 0.262 e. The van der Waals surface area contributed by atoms with Gasteiger partial charge in [0.25, 0.3) is 10.0 Å². The van der Waals surface area contributed by atoms with Gasteiger partial charge in [-0.05, 0) is 42.8 Å². The molecular weight excluding hydrogens is 338 g/mol. The molecule has 2 aromatic carbocycles. The summed E-state index contributed by atoms with van der Waals surface area (Å²) in [5.41, 5.74) is 6.40. The molecule has 0 amide bonds. The molecule has 2 rings (SSSR count). The number of benzene rings is 2. The summed E-state index contributed by atoms with van der Waals surface area (Å²) in [6.45, 7) is 1.56. The van der Waals surface area contributed by atoms with Crippen LogP contribution in [0.5, 0.6) is 0 Å². The summed E-state index contributed by atoms with van der Waals surface area (Å²) >= 11 is 11.6. The molecule has 0 atom stereocenters. The Morgan fingerprint density at radius 2 is 1.86 bits per heavy atom. The first kappa shape index (κ1) is 15.9. The highest BCUT2D eigenvalue weighted by molar-refractivity contribution is 7.92. The lowest BCUT2D eigenvalue weighted by Crippen LogP contribution is -2.15. The predicted molar refractivity (Wildman–Crippen MR) is 82.8 cm³/mol. The number of anilines is 2. The molecule has 0 aromatic heterocycles. The lowest BCUT2D eigenvalue weighted by Gasteiger charge is -2.13. The first-order valence-corrected chi connectivity index (χ1v) is 7.98. The predicted octanol–water partition coefficient (Wildman–Crippen LogP) is 3.82. The van der Waals surface area contributed by atoms with Gasteiger partial charge >= 0.3 is 0 Å². The lowest BCUT2D eigenvalue weighted by molar-refractivity contribution is 0.600. The van der Waals surface area contributed by atoms with Crippen molar-refractivity contribution in [3.63, 3.8) is 0 Å². The summed E-state index contributed by atoms with van der Waals surface area (Å²) in [4.78, 5) is -0.0621. The van der Waals surface area contributed by atoms with Crippen LogP contribution in [0.2, 0.25) is 10.0 Å². The van der Waals surface area contributed by atoms with Gasteiger partial charge in [-0.2, -0.15) is 0 Å². The summed E-state index contributed by atoms with van der Waals surface area (Å²) in [5.74, 6) is -0.564. The number of hydrogen-bond acceptors (Lipinski definition) is 3. The largest absolute Gasteiger partial charge is 0.398 e. The Morgan fingerprint density at radius 1 is 1.19 bits per heavy atom. The second-order valence-electron chi connectivity index (χ2n) is 4.35. The zero-order chi connectivity index (χ0) is 15.8. The van der Waals surface area contributed by atoms with Crippen LogP contribution in [0.15, 0.2) is 35.2 Å². The van der Waals surface area contributed by atoms with Gasteiger partial charge in [0.05, 0.1) is 15.6 Å². The highest BCUT2D eigenvalue weighted by atomic mass is 35.5. The third-order valence-corrected chi connectivity index (χ3v) is 4.85. The van der Waals surface area contributed by atoms with Crippen LogP contribution in [0.25, 0.3) is 0 Å². The Bertz CT molecular complexity index is 810.